The van der Waals surface area contributed by atoms with Gasteiger partial charge in [-0.1, -0.05) is 35.0 Å². The van der Waals surface area contributed by atoms with Crippen LogP contribution in [0.15, 0.2) is 28.7 Å². The molecule has 1 aliphatic carbocycles. The second-order valence-corrected chi connectivity index (χ2v) is 5.71. The van der Waals surface area contributed by atoms with Crippen LogP contribution in [0.25, 0.3) is 0 Å². The van der Waals surface area contributed by atoms with E-state index in [1.807, 2.05) is 0 Å². The molecule has 1 aromatic carbocycles. The van der Waals surface area contributed by atoms with Gasteiger partial charge in [-0.05, 0) is 49.8 Å². The van der Waals surface area contributed by atoms with Gasteiger partial charge in [-0.15, -0.1) is 0 Å². The van der Waals surface area contributed by atoms with E-state index >= 15 is 0 Å². The van der Waals surface area contributed by atoms with E-state index in [1.54, 1.807) is 0 Å². The van der Waals surface area contributed by atoms with E-state index in [2.05, 4.69) is 59.4 Å². The highest BCUT2D eigenvalue weighted by molar-refractivity contribution is 9.10. The lowest BCUT2D eigenvalue weighted by Gasteiger charge is -2.22. The van der Waals surface area contributed by atoms with Crippen LogP contribution in [0, 0.1) is 5.92 Å². The second kappa shape index (κ2) is 5.33. The summed E-state index contributed by atoms with van der Waals surface area (Å²) in [4.78, 5) is 0. The monoisotopic (exact) mass is 281 g/mol. The molecule has 0 saturated heterocycles. The van der Waals surface area contributed by atoms with Crippen LogP contribution >= 0.6 is 15.9 Å². The van der Waals surface area contributed by atoms with E-state index in [-0.39, 0.29) is 0 Å². The molecule has 0 bridgehead atoms. The number of nitrogens with one attached hydrogen (secondary N) is 1. The molecular formula is C14H20BrN. The molecule has 1 N–H and O–H groups in total. The van der Waals surface area contributed by atoms with Crippen LogP contribution < -0.4 is 5.32 Å². The van der Waals surface area contributed by atoms with Gasteiger partial charge in [-0.25, -0.2) is 0 Å². The van der Waals surface area contributed by atoms with Crippen LogP contribution in [-0.2, 0) is 0 Å². The van der Waals surface area contributed by atoms with Crippen LogP contribution in [0.2, 0.25) is 0 Å². The van der Waals surface area contributed by atoms with Gasteiger partial charge in [-0.2, -0.15) is 0 Å². The Bertz CT molecular complexity index is 346. The molecule has 2 unspecified atom stereocenters. The lowest BCUT2D eigenvalue weighted by Crippen LogP contribution is -2.32. The Morgan fingerprint density at radius 1 is 1.44 bits per heavy atom. The number of halogens is 1. The van der Waals surface area contributed by atoms with Gasteiger partial charge in [0.25, 0.3) is 0 Å². The fourth-order valence-corrected chi connectivity index (χ4v) is 2.70. The zero-order valence-corrected chi connectivity index (χ0v) is 11.6. The van der Waals surface area contributed by atoms with Crippen molar-refractivity contribution in [3.8, 4) is 0 Å². The van der Waals surface area contributed by atoms with Gasteiger partial charge in [0, 0.05) is 16.6 Å². The van der Waals surface area contributed by atoms with E-state index in [4.69, 9.17) is 0 Å². The first-order valence-corrected chi connectivity index (χ1v) is 7.01. The van der Waals surface area contributed by atoms with Crippen molar-refractivity contribution in [2.75, 3.05) is 0 Å². The van der Waals surface area contributed by atoms with Crippen LogP contribution in [0.4, 0.5) is 0 Å². The first kappa shape index (κ1) is 12.1. The normalized spacial score (nSPS) is 19.4. The molecule has 16 heavy (non-hydrogen) atoms. The van der Waals surface area contributed by atoms with Crippen molar-refractivity contribution in [3.05, 3.63) is 34.3 Å². The van der Waals surface area contributed by atoms with Crippen molar-refractivity contribution >= 4 is 15.9 Å². The maximum absolute atomic E-state index is 3.75. The van der Waals surface area contributed by atoms with E-state index in [9.17, 15) is 0 Å². The third-order valence-electron chi connectivity index (χ3n) is 3.44. The molecule has 0 spiro atoms. The van der Waals surface area contributed by atoms with Gasteiger partial charge < -0.3 is 5.32 Å². The molecule has 0 amide bonds. The van der Waals surface area contributed by atoms with Crippen LogP contribution in [0.3, 0.4) is 0 Å². The SMILES string of the molecule is CCC(NC(C)c1cccc(Br)c1)C1CC1. The van der Waals surface area contributed by atoms with Gasteiger partial charge in [0.05, 0.1) is 0 Å². The van der Waals surface area contributed by atoms with Crippen molar-refractivity contribution in [3.63, 3.8) is 0 Å². The van der Waals surface area contributed by atoms with E-state index in [0.717, 1.165) is 10.4 Å². The average Bonchev–Trinajstić information content (AvgIpc) is 3.09. The Labute approximate surface area is 107 Å². The third-order valence-corrected chi connectivity index (χ3v) is 3.94. The van der Waals surface area contributed by atoms with Gasteiger partial charge in [0.15, 0.2) is 0 Å². The van der Waals surface area contributed by atoms with Crippen molar-refractivity contribution < 1.29 is 0 Å². The zero-order chi connectivity index (χ0) is 11.5. The summed E-state index contributed by atoms with van der Waals surface area (Å²) in [5.74, 6) is 0.930. The Kier molecular flexibility index (Phi) is 4.04. The molecular weight excluding hydrogens is 262 g/mol. The minimum atomic E-state index is 0.447. The molecule has 1 nitrogen and oxygen atoms in total. The van der Waals surface area contributed by atoms with E-state index in [1.165, 1.54) is 24.8 Å². The topological polar surface area (TPSA) is 12.0 Å². The highest BCUT2D eigenvalue weighted by Crippen LogP contribution is 2.35. The molecule has 2 heteroatoms. The molecule has 2 atom stereocenters. The molecule has 0 aromatic heterocycles. The van der Waals surface area contributed by atoms with Gasteiger partial charge in [0.1, 0.15) is 0 Å². The smallest absolute Gasteiger partial charge is 0.0294 e. The second-order valence-electron chi connectivity index (χ2n) is 4.80. The largest absolute Gasteiger partial charge is 0.307 e. The molecule has 0 heterocycles. The van der Waals surface area contributed by atoms with Gasteiger partial charge in [-0.3, -0.25) is 0 Å². The number of benzene rings is 1. The average molecular weight is 282 g/mol. The Balaban J connectivity index is 1.98. The molecule has 0 radical (unpaired) electrons. The summed E-state index contributed by atoms with van der Waals surface area (Å²) in [5, 5.41) is 3.75. The van der Waals surface area contributed by atoms with Crippen LogP contribution in [0.1, 0.15) is 44.7 Å². The molecule has 88 valence electrons. The van der Waals surface area contributed by atoms with Gasteiger partial charge in [0.2, 0.25) is 0 Å². The molecule has 1 saturated carbocycles. The minimum absolute atomic E-state index is 0.447. The maximum atomic E-state index is 3.75. The lowest BCUT2D eigenvalue weighted by atomic mass is 10.0. The Morgan fingerprint density at radius 3 is 2.75 bits per heavy atom. The Morgan fingerprint density at radius 2 is 2.19 bits per heavy atom. The summed E-state index contributed by atoms with van der Waals surface area (Å²) in [7, 11) is 0. The lowest BCUT2D eigenvalue weighted by molar-refractivity contribution is 0.405. The molecule has 1 aliphatic rings. The predicted octanol–water partition coefficient (Wildman–Crippen LogP) is 4.29. The van der Waals surface area contributed by atoms with E-state index in [0.29, 0.717) is 12.1 Å². The fraction of sp³-hybridized carbons (Fsp3) is 0.571. The summed E-state index contributed by atoms with van der Waals surface area (Å²) in [6.45, 7) is 4.54. The summed E-state index contributed by atoms with van der Waals surface area (Å²) in [5.41, 5.74) is 1.37. The summed E-state index contributed by atoms with van der Waals surface area (Å²) >= 11 is 3.53. The molecule has 1 aromatic rings. The molecule has 0 aliphatic heterocycles. The first-order chi connectivity index (χ1) is 7.70. The highest BCUT2D eigenvalue weighted by Gasteiger charge is 2.30. The van der Waals surface area contributed by atoms with E-state index < -0.39 is 0 Å². The number of hydrogen-bond acceptors (Lipinski definition) is 1. The summed E-state index contributed by atoms with van der Waals surface area (Å²) < 4.78 is 1.16. The predicted molar refractivity (Wildman–Crippen MR) is 72.5 cm³/mol. The van der Waals surface area contributed by atoms with Crippen LogP contribution in [0.5, 0.6) is 0 Å². The molecule has 2 rings (SSSR count). The first-order valence-electron chi connectivity index (χ1n) is 6.22. The summed E-state index contributed by atoms with van der Waals surface area (Å²) in [6.07, 6.45) is 4.07. The van der Waals surface area contributed by atoms with Crippen molar-refractivity contribution in [2.45, 2.75) is 45.2 Å². The van der Waals surface area contributed by atoms with Crippen molar-refractivity contribution in [1.29, 1.82) is 0 Å². The van der Waals surface area contributed by atoms with Crippen LogP contribution in [-0.4, -0.2) is 6.04 Å². The summed E-state index contributed by atoms with van der Waals surface area (Å²) in [6, 6.07) is 9.74. The zero-order valence-electron chi connectivity index (χ0n) is 10.0. The Hall–Kier alpha value is -0.340. The molecule has 1 fully saturated rings. The number of hydrogen-bond donors (Lipinski definition) is 1. The quantitative estimate of drug-likeness (QED) is 0.849. The standard InChI is InChI=1S/C14H20BrN/c1-3-14(11-7-8-11)16-10(2)12-5-4-6-13(15)9-12/h4-6,9-11,14,16H,3,7-8H2,1-2H3. The highest BCUT2D eigenvalue weighted by atomic mass is 79.9. The van der Waals surface area contributed by atoms with Gasteiger partial charge >= 0.3 is 0 Å². The number of rotatable bonds is 5. The minimum Gasteiger partial charge on any atom is -0.307 e. The van der Waals surface area contributed by atoms with Crippen molar-refractivity contribution in [1.82, 2.24) is 5.32 Å². The van der Waals surface area contributed by atoms with Crippen molar-refractivity contribution in [2.24, 2.45) is 5.92 Å². The fourth-order valence-electron chi connectivity index (χ4n) is 2.28. The maximum Gasteiger partial charge on any atom is 0.0294 e. The third kappa shape index (κ3) is 3.08.